The Morgan fingerprint density at radius 1 is 0.800 bits per heavy atom. The van der Waals surface area contributed by atoms with E-state index in [1.807, 2.05) is 19.9 Å². The van der Waals surface area contributed by atoms with E-state index >= 15 is 0 Å². The van der Waals surface area contributed by atoms with Gasteiger partial charge in [-0.05, 0) is 37.1 Å². The van der Waals surface area contributed by atoms with E-state index in [2.05, 4.69) is 10.6 Å². The summed E-state index contributed by atoms with van der Waals surface area (Å²) in [6, 6.07) is 5.33. The van der Waals surface area contributed by atoms with Gasteiger partial charge in [0, 0.05) is 12.7 Å². The standard InChI is InChI=1S/C17H20N2O6/c1-7-4-8(2)6-9(5-7)19-15(21)11-10(14(20)18-3)12(16(22)23)13(11)17(24)25/h4-6,10-13H,1-3H3,(H,18,20)(H,19,21)(H,22,23)(H,24,25). The third kappa shape index (κ3) is 3.47. The Hall–Kier alpha value is -2.90. The summed E-state index contributed by atoms with van der Waals surface area (Å²) in [6.07, 6.45) is 0. The molecule has 4 N–H and O–H groups in total. The highest BCUT2D eigenvalue weighted by Gasteiger charge is 2.63. The molecule has 2 amide bonds. The summed E-state index contributed by atoms with van der Waals surface area (Å²) in [6.45, 7) is 3.69. The van der Waals surface area contributed by atoms with Crippen LogP contribution in [0, 0.1) is 37.5 Å². The molecule has 1 aliphatic rings. The number of carbonyl (C=O) groups excluding carboxylic acids is 2. The zero-order chi connectivity index (χ0) is 18.9. The minimum Gasteiger partial charge on any atom is -0.481 e. The number of amides is 2. The molecule has 0 heterocycles. The normalized spacial score (nSPS) is 24.8. The van der Waals surface area contributed by atoms with Gasteiger partial charge in [0.15, 0.2) is 0 Å². The van der Waals surface area contributed by atoms with Crippen LogP contribution >= 0.6 is 0 Å². The largest absolute Gasteiger partial charge is 0.481 e. The Bertz CT molecular complexity index is 724. The van der Waals surface area contributed by atoms with Gasteiger partial charge < -0.3 is 20.8 Å². The van der Waals surface area contributed by atoms with Crippen molar-refractivity contribution in [3.63, 3.8) is 0 Å². The summed E-state index contributed by atoms with van der Waals surface area (Å²) in [7, 11) is 1.31. The number of aliphatic carboxylic acids is 2. The van der Waals surface area contributed by atoms with E-state index in [4.69, 9.17) is 0 Å². The molecule has 0 spiro atoms. The Morgan fingerprint density at radius 3 is 1.64 bits per heavy atom. The molecule has 0 aromatic heterocycles. The number of hydrogen-bond donors (Lipinski definition) is 4. The quantitative estimate of drug-likeness (QED) is 0.617. The molecular formula is C17H20N2O6. The Labute approximate surface area is 144 Å². The lowest BCUT2D eigenvalue weighted by Gasteiger charge is -2.45. The van der Waals surface area contributed by atoms with E-state index in [9.17, 15) is 29.4 Å². The first-order chi connectivity index (χ1) is 11.7. The number of carboxylic acid groups (broad SMARTS) is 2. The van der Waals surface area contributed by atoms with Crippen molar-refractivity contribution in [3.8, 4) is 0 Å². The second-order valence-electron chi connectivity index (χ2n) is 6.26. The van der Waals surface area contributed by atoms with Crippen molar-refractivity contribution in [2.75, 3.05) is 12.4 Å². The first-order valence-electron chi connectivity index (χ1n) is 7.73. The summed E-state index contributed by atoms with van der Waals surface area (Å²) >= 11 is 0. The number of carboxylic acids is 2. The van der Waals surface area contributed by atoms with Crippen LogP contribution in [0.2, 0.25) is 0 Å². The van der Waals surface area contributed by atoms with Gasteiger partial charge in [0.25, 0.3) is 0 Å². The van der Waals surface area contributed by atoms with Crippen LogP contribution in [0.15, 0.2) is 18.2 Å². The average molecular weight is 348 g/mol. The predicted molar refractivity (Wildman–Crippen MR) is 87.8 cm³/mol. The summed E-state index contributed by atoms with van der Waals surface area (Å²) in [5.74, 6) is -9.52. The van der Waals surface area contributed by atoms with Crippen LogP contribution in [-0.4, -0.2) is 41.0 Å². The fraction of sp³-hybridized carbons (Fsp3) is 0.412. The van der Waals surface area contributed by atoms with Gasteiger partial charge in [-0.2, -0.15) is 0 Å². The third-order valence-electron chi connectivity index (χ3n) is 4.46. The number of nitrogens with one attached hydrogen (secondary N) is 2. The van der Waals surface area contributed by atoms with E-state index in [1.165, 1.54) is 7.05 Å². The van der Waals surface area contributed by atoms with Crippen LogP contribution in [0.25, 0.3) is 0 Å². The SMILES string of the molecule is CNC(=O)C1C(C(=O)O)C(C(=O)O)C1C(=O)Nc1cc(C)cc(C)c1. The number of aryl methyl sites for hydroxylation is 2. The Morgan fingerprint density at radius 2 is 1.24 bits per heavy atom. The molecule has 1 saturated carbocycles. The van der Waals surface area contributed by atoms with Crippen LogP contribution in [0.3, 0.4) is 0 Å². The van der Waals surface area contributed by atoms with E-state index in [-0.39, 0.29) is 0 Å². The highest BCUT2D eigenvalue weighted by atomic mass is 16.4. The van der Waals surface area contributed by atoms with Gasteiger partial charge in [-0.3, -0.25) is 19.2 Å². The molecule has 1 aliphatic carbocycles. The van der Waals surface area contributed by atoms with Crippen molar-refractivity contribution >= 4 is 29.4 Å². The number of carbonyl (C=O) groups is 4. The first-order valence-corrected chi connectivity index (χ1v) is 7.73. The molecule has 1 aromatic carbocycles. The Balaban J connectivity index is 2.31. The van der Waals surface area contributed by atoms with Gasteiger partial charge in [0.2, 0.25) is 11.8 Å². The van der Waals surface area contributed by atoms with E-state index in [1.54, 1.807) is 12.1 Å². The number of anilines is 1. The molecule has 8 nitrogen and oxygen atoms in total. The van der Waals surface area contributed by atoms with Crippen molar-refractivity contribution in [1.29, 1.82) is 0 Å². The van der Waals surface area contributed by atoms with Gasteiger partial charge in [-0.1, -0.05) is 6.07 Å². The maximum Gasteiger partial charge on any atom is 0.308 e. The zero-order valence-electron chi connectivity index (χ0n) is 14.1. The monoisotopic (exact) mass is 348 g/mol. The molecule has 1 aromatic rings. The molecule has 1 fully saturated rings. The summed E-state index contributed by atoms with van der Waals surface area (Å²) in [5.41, 5.74) is 2.29. The molecule has 0 saturated heterocycles. The van der Waals surface area contributed by atoms with Crippen LogP contribution in [0.5, 0.6) is 0 Å². The molecular weight excluding hydrogens is 328 g/mol. The van der Waals surface area contributed by atoms with Crippen molar-refractivity contribution in [1.82, 2.24) is 5.32 Å². The minimum absolute atomic E-state index is 0.473. The minimum atomic E-state index is -1.45. The molecule has 2 rings (SSSR count). The average Bonchev–Trinajstić information content (AvgIpc) is 2.43. The van der Waals surface area contributed by atoms with Crippen molar-refractivity contribution in [2.45, 2.75) is 13.8 Å². The van der Waals surface area contributed by atoms with Gasteiger partial charge in [0.05, 0.1) is 23.7 Å². The lowest BCUT2D eigenvalue weighted by Crippen LogP contribution is -2.62. The van der Waals surface area contributed by atoms with Crippen molar-refractivity contribution < 1.29 is 29.4 Å². The summed E-state index contributed by atoms with van der Waals surface area (Å²) in [5, 5.41) is 23.5. The molecule has 8 heteroatoms. The second kappa shape index (κ2) is 6.92. The Kier molecular flexibility index (Phi) is 5.10. The van der Waals surface area contributed by atoms with Crippen LogP contribution < -0.4 is 10.6 Å². The molecule has 0 bridgehead atoms. The summed E-state index contributed by atoms with van der Waals surface area (Å²) in [4.78, 5) is 47.4. The lowest BCUT2D eigenvalue weighted by atomic mass is 9.55. The fourth-order valence-electron chi connectivity index (χ4n) is 3.45. The third-order valence-corrected chi connectivity index (χ3v) is 4.46. The van der Waals surface area contributed by atoms with Gasteiger partial charge in [0.1, 0.15) is 0 Å². The lowest BCUT2D eigenvalue weighted by molar-refractivity contribution is -0.180. The smallest absolute Gasteiger partial charge is 0.308 e. The topological polar surface area (TPSA) is 133 Å². The second-order valence-corrected chi connectivity index (χ2v) is 6.26. The van der Waals surface area contributed by atoms with Gasteiger partial charge in [-0.25, -0.2) is 0 Å². The fourth-order valence-corrected chi connectivity index (χ4v) is 3.45. The van der Waals surface area contributed by atoms with E-state index in [0.29, 0.717) is 5.69 Å². The highest BCUT2D eigenvalue weighted by molar-refractivity contribution is 6.03. The number of benzene rings is 1. The molecule has 134 valence electrons. The molecule has 4 atom stereocenters. The number of hydrogen-bond acceptors (Lipinski definition) is 4. The maximum atomic E-state index is 12.6. The molecule has 25 heavy (non-hydrogen) atoms. The van der Waals surface area contributed by atoms with Gasteiger partial charge >= 0.3 is 11.9 Å². The molecule has 0 radical (unpaired) electrons. The van der Waals surface area contributed by atoms with Crippen LogP contribution in [-0.2, 0) is 19.2 Å². The predicted octanol–water partition coefficient (Wildman–Crippen LogP) is 0.636. The molecule has 0 aliphatic heterocycles. The maximum absolute atomic E-state index is 12.6. The van der Waals surface area contributed by atoms with Crippen molar-refractivity contribution in [2.24, 2.45) is 23.7 Å². The van der Waals surface area contributed by atoms with Crippen LogP contribution in [0.1, 0.15) is 11.1 Å². The zero-order valence-corrected chi connectivity index (χ0v) is 14.1. The van der Waals surface area contributed by atoms with Gasteiger partial charge in [-0.15, -0.1) is 0 Å². The molecule has 4 unspecified atom stereocenters. The van der Waals surface area contributed by atoms with Crippen molar-refractivity contribution in [3.05, 3.63) is 29.3 Å². The first kappa shape index (κ1) is 18.4. The van der Waals surface area contributed by atoms with E-state index < -0.39 is 47.4 Å². The number of rotatable bonds is 5. The van der Waals surface area contributed by atoms with Crippen LogP contribution in [0.4, 0.5) is 5.69 Å². The summed E-state index contributed by atoms with van der Waals surface area (Å²) < 4.78 is 0. The highest BCUT2D eigenvalue weighted by Crippen LogP contribution is 2.47. The van der Waals surface area contributed by atoms with E-state index in [0.717, 1.165) is 11.1 Å².